The lowest BCUT2D eigenvalue weighted by Gasteiger charge is -2.26. The van der Waals surface area contributed by atoms with E-state index in [1.807, 2.05) is 0 Å². The largest absolute Gasteiger partial charge is 0.468 e. The Hall–Kier alpha value is -0.610. The second-order valence-electron chi connectivity index (χ2n) is 3.88. The Kier molecular flexibility index (Phi) is 7.34. The fourth-order valence-corrected chi connectivity index (χ4v) is 1.60. The fourth-order valence-electron chi connectivity index (χ4n) is 1.60. The summed E-state index contributed by atoms with van der Waals surface area (Å²) in [4.78, 5) is 13.6. The molecule has 4 heteroatoms. The third-order valence-electron chi connectivity index (χ3n) is 2.68. The smallest absolute Gasteiger partial charge is 0.322 e. The zero-order valence-electron chi connectivity index (χ0n) is 10.5. The Morgan fingerprint density at radius 2 is 2.07 bits per heavy atom. The number of hydrogen-bond acceptors (Lipinski definition) is 4. The summed E-state index contributed by atoms with van der Waals surface area (Å²) in [6, 6.07) is 0.327. The molecule has 90 valence electrons. The van der Waals surface area contributed by atoms with Gasteiger partial charge in [0, 0.05) is 12.6 Å². The average Bonchev–Trinajstić information content (AvgIpc) is 2.23. The molecule has 0 aliphatic heterocycles. The van der Waals surface area contributed by atoms with Crippen molar-refractivity contribution in [3.63, 3.8) is 0 Å². The van der Waals surface area contributed by atoms with Crippen LogP contribution in [0.2, 0.25) is 0 Å². The molecule has 0 saturated carbocycles. The number of likely N-dealkylation sites (N-methyl/N-ethyl adjacent to an activating group) is 1. The molecule has 0 bridgehead atoms. The summed E-state index contributed by atoms with van der Waals surface area (Å²) in [6.45, 7) is 8.38. The van der Waals surface area contributed by atoms with E-state index >= 15 is 0 Å². The van der Waals surface area contributed by atoms with Crippen molar-refractivity contribution in [3.05, 3.63) is 0 Å². The third-order valence-corrected chi connectivity index (χ3v) is 2.68. The molecule has 1 atom stereocenters. The van der Waals surface area contributed by atoms with Gasteiger partial charge in [-0.25, -0.2) is 0 Å². The molecule has 1 unspecified atom stereocenters. The van der Waals surface area contributed by atoms with Crippen molar-refractivity contribution < 1.29 is 9.53 Å². The summed E-state index contributed by atoms with van der Waals surface area (Å²) >= 11 is 0. The van der Waals surface area contributed by atoms with Gasteiger partial charge in [-0.2, -0.15) is 0 Å². The Morgan fingerprint density at radius 1 is 1.47 bits per heavy atom. The van der Waals surface area contributed by atoms with Gasteiger partial charge in [0.1, 0.15) is 6.04 Å². The first-order valence-electron chi connectivity index (χ1n) is 5.55. The first-order chi connectivity index (χ1) is 7.06. The highest BCUT2D eigenvalue weighted by atomic mass is 16.5. The van der Waals surface area contributed by atoms with Gasteiger partial charge in [0.15, 0.2) is 0 Å². The number of esters is 1. The second-order valence-corrected chi connectivity index (χ2v) is 3.88. The van der Waals surface area contributed by atoms with E-state index in [0.29, 0.717) is 6.04 Å². The summed E-state index contributed by atoms with van der Waals surface area (Å²) in [6.07, 6.45) is 0.787. The van der Waals surface area contributed by atoms with Gasteiger partial charge in [0.05, 0.1) is 7.11 Å². The van der Waals surface area contributed by atoms with Crippen molar-refractivity contribution in [3.8, 4) is 0 Å². The van der Waals surface area contributed by atoms with Crippen molar-refractivity contribution in [2.24, 2.45) is 0 Å². The maximum absolute atomic E-state index is 11.3. The molecule has 1 N–H and O–H groups in total. The van der Waals surface area contributed by atoms with Crippen LogP contribution in [0.1, 0.15) is 27.2 Å². The number of carbonyl (C=O) groups is 1. The molecule has 0 rings (SSSR count). The number of nitrogens with one attached hydrogen (secondary N) is 1. The molecule has 0 aromatic rings. The fraction of sp³-hybridized carbons (Fsp3) is 0.909. The van der Waals surface area contributed by atoms with Gasteiger partial charge < -0.3 is 15.0 Å². The summed E-state index contributed by atoms with van der Waals surface area (Å²) in [7, 11) is 3.21. The van der Waals surface area contributed by atoms with Crippen LogP contribution in [-0.2, 0) is 9.53 Å². The van der Waals surface area contributed by atoms with Gasteiger partial charge in [0.25, 0.3) is 0 Å². The quantitative estimate of drug-likeness (QED) is 0.641. The van der Waals surface area contributed by atoms with E-state index in [2.05, 4.69) is 31.0 Å². The number of nitrogens with zero attached hydrogens (tertiary/aromatic N) is 1. The topological polar surface area (TPSA) is 41.6 Å². The lowest BCUT2D eigenvalue weighted by Crippen LogP contribution is -2.40. The molecule has 0 fully saturated rings. The van der Waals surface area contributed by atoms with Crippen LogP contribution in [0.25, 0.3) is 0 Å². The molecular formula is C11H24N2O2. The minimum Gasteiger partial charge on any atom is -0.468 e. The minimum absolute atomic E-state index is 0.183. The van der Waals surface area contributed by atoms with Gasteiger partial charge in [0.2, 0.25) is 0 Å². The molecule has 0 saturated heterocycles. The molecule has 0 aliphatic rings. The number of methoxy groups -OCH3 is 1. The first kappa shape index (κ1) is 14.4. The molecule has 0 spiro atoms. The van der Waals surface area contributed by atoms with Gasteiger partial charge in [-0.05, 0) is 33.9 Å². The van der Waals surface area contributed by atoms with E-state index < -0.39 is 0 Å². The monoisotopic (exact) mass is 216 g/mol. The van der Waals surface area contributed by atoms with E-state index in [4.69, 9.17) is 4.74 Å². The van der Waals surface area contributed by atoms with Gasteiger partial charge >= 0.3 is 5.97 Å². The molecule has 0 aromatic heterocycles. The standard InChI is InChI=1S/C11H24N2O2/c1-6-13(9(2)3)8-7-10(12-4)11(14)15-5/h9-10,12H,6-8H2,1-5H3. The van der Waals surface area contributed by atoms with Crippen molar-refractivity contribution in [2.45, 2.75) is 39.3 Å². The van der Waals surface area contributed by atoms with E-state index in [9.17, 15) is 4.79 Å². The molecule has 4 nitrogen and oxygen atoms in total. The summed E-state index contributed by atoms with van der Waals surface area (Å²) in [5.74, 6) is -0.183. The number of rotatable bonds is 7. The van der Waals surface area contributed by atoms with E-state index in [-0.39, 0.29) is 12.0 Å². The van der Waals surface area contributed by atoms with Crippen molar-refractivity contribution in [1.29, 1.82) is 0 Å². The van der Waals surface area contributed by atoms with Crippen LogP contribution in [0.4, 0.5) is 0 Å². The number of ether oxygens (including phenoxy) is 1. The summed E-state index contributed by atoms with van der Waals surface area (Å²) in [5, 5.41) is 2.97. The lowest BCUT2D eigenvalue weighted by molar-refractivity contribution is -0.143. The minimum atomic E-state index is -0.192. The molecule has 0 radical (unpaired) electrons. The Balaban J connectivity index is 4.03. The summed E-state index contributed by atoms with van der Waals surface area (Å²) < 4.78 is 4.71. The van der Waals surface area contributed by atoms with E-state index in [0.717, 1.165) is 19.5 Å². The normalized spacial score (nSPS) is 13.3. The van der Waals surface area contributed by atoms with Crippen molar-refractivity contribution >= 4 is 5.97 Å². The Bertz CT molecular complexity index is 183. The zero-order chi connectivity index (χ0) is 11.8. The SMILES string of the molecule is CCN(CCC(NC)C(=O)OC)C(C)C. The van der Waals surface area contributed by atoms with Crippen molar-refractivity contribution in [1.82, 2.24) is 10.2 Å². The molecule has 0 amide bonds. The van der Waals surface area contributed by atoms with Crippen molar-refractivity contribution in [2.75, 3.05) is 27.2 Å². The van der Waals surface area contributed by atoms with Crippen LogP contribution in [0.3, 0.4) is 0 Å². The second kappa shape index (κ2) is 7.65. The molecule has 0 aliphatic carbocycles. The first-order valence-corrected chi connectivity index (χ1v) is 5.55. The highest BCUT2D eigenvalue weighted by Crippen LogP contribution is 2.02. The van der Waals surface area contributed by atoms with Crippen LogP contribution in [0.5, 0.6) is 0 Å². The summed E-state index contributed by atoms with van der Waals surface area (Å²) in [5.41, 5.74) is 0. The maximum atomic E-state index is 11.3. The third kappa shape index (κ3) is 5.14. The Labute approximate surface area is 93.0 Å². The van der Waals surface area contributed by atoms with Gasteiger partial charge in [-0.3, -0.25) is 4.79 Å². The zero-order valence-corrected chi connectivity index (χ0v) is 10.5. The van der Waals surface area contributed by atoms with Crippen LogP contribution in [0.15, 0.2) is 0 Å². The molecule has 15 heavy (non-hydrogen) atoms. The van der Waals surface area contributed by atoms with Crippen LogP contribution in [-0.4, -0.2) is 50.2 Å². The number of hydrogen-bond donors (Lipinski definition) is 1. The van der Waals surface area contributed by atoms with Crippen LogP contribution < -0.4 is 5.32 Å². The Morgan fingerprint density at radius 3 is 2.40 bits per heavy atom. The van der Waals surface area contributed by atoms with E-state index in [1.165, 1.54) is 7.11 Å². The van der Waals surface area contributed by atoms with Gasteiger partial charge in [-0.1, -0.05) is 6.92 Å². The molecule has 0 heterocycles. The average molecular weight is 216 g/mol. The van der Waals surface area contributed by atoms with Gasteiger partial charge in [-0.15, -0.1) is 0 Å². The molecular weight excluding hydrogens is 192 g/mol. The predicted octanol–water partition coefficient (Wildman–Crippen LogP) is 0.868. The van der Waals surface area contributed by atoms with Crippen LogP contribution >= 0.6 is 0 Å². The van der Waals surface area contributed by atoms with E-state index in [1.54, 1.807) is 7.05 Å². The molecule has 0 aromatic carbocycles. The van der Waals surface area contributed by atoms with Crippen LogP contribution in [0, 0.1) is 0 Å². The predicted molar refractivity (Wildman–Crippen MR) is 61.9 cm³/mol. The highest BCUT2D eigenvalue weighted by Gasteiger charge is 2.18. The number of carbonyl (C=O) groups excluding carboxylic acids is 1. The highest BCUT2D eigenvalue weighted by molar-refractivity contribution is 5.75. The maximum Gasteiger partial charge on any atom is 0.322 e. The lowest BCUT2D eigenvalue weighted by atomic mass is 10.2.